The Morgan fingerprint density at radius 3 is 1.82 bits per heavy atom. The lowest BCUT2D eigenvalue weighted by Gasteiger charge is -2.44. The molecule has 6 heteroatoms. The van der Waals surface area contributed by atoms with Crippen molar-refractivity contribution in [1.82, 2.24) is 0 Å². The number of carboxylic acids is 2. The molecule has 0 aromatic heterocycles. The van der Waals surface area contributed by atoms with E-state index in [0.717, 1.165) is 0 Å². The van der Waals surface area contributed by atoms with Gasteiger partial charge in [0, 0.05) is 5.92 Å². The first-order valence-electron chi connectivity index (χ1n) is 5.55. The summed E-state index contributed by atoms with van der Waals surface area (Å²) in [5.74, 6) is -3.72. The molecular weight excluding hydrogens is 228 g/mol. The smallest absolute Gasteiger partial charge is 0.325 e. The molecule has 0 bridgehead atoms. The Bertz CT molecular complexity index is 298. The van der Waals surface area contributed by atoms with Crippen molar-refractivity contribution < 1.29 is 29.3 Å². The Morgan fingerprint density at radius 1 is 1.18 bits per heavy atom. The molecule has 1 aliphatic rings. The Kier molecular flexibility index (Phi) is 3.78. The number of aliphatic carboxylic acids is 2. The van der Waals surface area contributed by atoms with Crippen LogP contribution in [0.3, 0.4) is 0 Å². The fraction of sp³-hybridized carbons (Fsp3) is 0.818. The highest BCUT2D eigenvalue weighted by Gasteiger charge is 2.55. The van der Waals surface area contributed by atoms with Crippen LogP contribution in [-0.2, 0) is 19.1 Å². The van der Waals surface area contributed by atoms with E-state index < -0.39 is 23.1 Å². The van der Waals surface area contributed by atoms with Crippen LogP contribution in [0.1, 0.15) is 27.2 Å². The largest absolute Gasteiger partial charge is 0.480 e. The lowest BCUT2D eigenvalue weighted by Crippen LogP contribution is -2.58. The molecule has 17 heavy (non-hydrogen) atoms. The summed E-state index contributed by atoms with van der Waals surface area (Å²) in [4.78, 5) is 22.1. The predicted octanol–water partition coefficient (Wildman–Crippen LogP) is 0.951. The maximum Gasteiger partial charge on any atom is 0.325 e. The zero-order valence-corrected chi connectivity index (χ0v) is 10.2. The lowest BCUT2D eigenvalue weighted by molar-refractivity contribution is -0.317. The van der Waals surface area contributed by atoms with Gasteiger partial charge in [0.1, 0.15) is 0 Å². The molecule has 0 aromatic rings. The summed E-state index contributed by atoms with van der Waals surface area (Å²) in [5, 5.41) is 18.0. The van der Waals surface area contributed by atoms with E-state index in [-0.39, 0.29) is 19.1 Å². The molecule has 0 spiro atoms. The van der Waals surface area contributed by atoms with Crippen LogP contribution in [0.15, 0.2) is 0 Å². The van der Waals surface area contributed by atoms with Gasteiger partial charge in [0.05, 0.1) is 13.2 Å². The molecule has 0 amide bonds. The fourth-order valence-electron chi connectivity index (χ4n) is 1.86. The number of hydrogen-bond donors (Lipinski definition) is 2. The molecule has 0 aliphatic carbocycles. The van der Waals surface area contributed by atoms with Gasteiger partial charge in [-0.25, -0.2) is 0 Å². The van der Waals surface area contributed by atoms with Crippen LogP contribution in [0.4, 0.5) is 0 Å². The summed E-state index contributed by atoms with van der Waals surface area (Å²) in [5.41, 5.74) is -1.99. The van der Waals surface area contributed by atoms with E-state index in [0.29, 0.717) is 6.42 Å². The van der Waals surface area contributed by atoms with E-state index in [1.54, 1.807) is 0 Å². The van der Waals surface area contributed by atoms with E-state index in [4.69, 9.17) is 19.7 Å². The highest BCUT2D eigenvalue weighted by Crippen LogP contribution is 2.37. The number of hydrogen-bond acceptors (Lipinski definition) is 4. The van der Waals surface area contributed by atoms with E-state index in [1.165, 1.54) is 0 Å². The first-order valence-corrected chi connectivity index (χ1v) is 5.55. The zero-order chi connectivity index (χ0) is 13.3. The van der Waals surface area contributed by atoms with Crippen LogP contribution in [0.2, 0.25) is 0 Å². The number of carboxylic acid groups (broad SMARTS) is 2. The summed E-state index contributed by atoms with van der Waals surface area (Å²) < 4.78 is 10.9. The monoisotopic (exact) mass is 246 g/mol. The highest BCUT2D eigenvalue weighted by atomic mass is 16.7. The van der Waals surface area contributed by atoms with Crippen LogP contribution in [0.25, 0.3) is 0 Å². The van der Waals surface area contributed by atoms with Crippen molar-refractivity contribution in [1.29, 1.82) is 0 Å². The topological polar surface area (TPSA) is 93.1 Å². The zero-order valence-electron chi connectivity index (χ0n) is 10.2. The van der Waals surface area contributed by atoms with Gasteiger partial charge in [-0.1, -0.05) is 20.8 Å². The van der Waals surface area contributed by atoms with Crippen LogP contribution in [0.5, 0.6) is 0 Å². The number of rotatable bonds is 4. The van der Waals surface area contributed by atoms with Crippen molar-refractivity contribution in [3.05, 3.63) is 0 Å². The third-order valence-corrected chi connectivity index (χ3v) is 3.32. The van der Waals surface area contributed by atoms with E-state index in [9.17, 15) is 9.59 Å². The van der Waals surface area contributed by atoms with Crippen LogP contribution in [0, 0.1) is 11.3 Å². The van der Waals surface area contributed by atoms with Crippen LogP contribution < -0.4 is 0 Å². The van der Waals surface area contributed by atoms with Crippen molar-refractivity contribution in [2.75, 3.05) is 13.2 Å². The highest BCUT2D eigenvalue weighted by molar-refractivity contribution is 5.98. The molecule has 0 aromatic carbocycles. The standard InChI is InChI=1S/C11H18O6/c1-4-11(7(2)3)16-5-10(6-17-11,8(12)13)9(14)15/h7H,4-6H2,1-3H3,(H,12,13)(H,14,15). The maximum absolute atomic E-state index is 11.0. The molecule has 1 rings (SSSR count). The molecule has 1 heterocycles. The minimum Gasteiger partial charge on any atom is -0.480 e. The second-order valence-electron chi connectivity index (χ2n) is 4.59. The van der Waals surface area contributed by atoms with Crippen LogP contribution >= 0.6 is 0 Å². The Balaban J connectivity index is 2.91. The SMILES string of the molecule is CCC1(C(C)C)OCC(C(=O)O)(C(=O)O)CO1. The molecule has 1 aliphatic heterocycles. The van der Waals surface area contributed by atoms with Crippen molar-refractivity contribution in [3.63, 3.8) is 0 Å². The van der Waals surface area contributed by atoms with Crippen LogP contribution in [-0.4, -0.2) is 41.2 Å². The van der Waals surface area contributed by atoms with E-state index in [2.05, 4.69) is 0 Å². The third kappa shape index (κ3) is 2.14. The summed E-state index contributed by atoms with van der Waals surface area (Å²) >= 11 is 0. The molecule has 0 atom stereocenters. The normalized spacial score (nSPS) is 22.4. The predicted molar refractivity (Wildman–Crippen MR) is 57.5 cm³/mol. The van der Waals surface area contributed by atoms with E-state index in [1.807, 2.05) is 20.8 Å². The fourth-order valence-corrected chi connectivity index (χ4v) is 1.86. The lowest BCUT2D eigenvalue weighted by atomic mass is 9.87. The molecule has 1 saturated heterocycles. The van der Waals surface area contributed by atoms with Gasteiger partial charge in [-0.15, -0.1) is 0 Å². The van der Waals surface area contributed by atoms with Gasteiger partial charge in [0.15, 0.2) is 5.79 Å². The molecular formula is C11H18O6. The van der Waals surface area contributed by atoms with Crippen molar-refractivity contribution >= 4 is 11.9 Å². The molecule has 98 valence electrons. The number of ether oxygens (including phenoxy) is 2. The summed E-state index contributed by atoms with van der Waals surface area (Å²) in [6.45, 7) is 4.89. The molecule has 6 nitrogen and oxygen atoms in total. The third-order valence-electron chi connectivity index (χ3n) is 3.32. The Morgan fingerprint density at radius 2 is 1.59 bits per heavy atom. The van der Waals surface area contributed by atoms with Crippen molar-refractivity contribution in [3.8, 4) is 0 Å². The Hall–Kier alpha value is -1.14. The maximum atomic E-state index is 11.0. The van der Waals surface area contributed by atoms with Gasteiger partial charge < -0.3 is 19.7 Å². The minimum atomic E-state index is -1.99. The first kappa shape index (κ1) is 13.9. The Labute approximate surface area is 99.5 Å². The molecule has 0 saturated carbocycles. The van der Waals surface area contributed by atoms with E-state index >= 15 is 0 Å². The molecule has 0 unspecified atom stereocenters. The van der Waals surface area contributed by atoms with Gasteiger partial charge >= 0.3 is 11.9 Å². The number of carbonyl (C=O) groups is 2. The molecule has 1 fully saturated rings. The van der Waals surface area contributed by atoms with Gasteiger partial charge in [-0.3, -0.25) is 9.59 Å². The average Bonchev–Trinajstić information content (AvgIpc) is 2.28. The van der Waals surface area contributed by atoms with Gasteiger partial charge in [-0.2, -0.15) is 0 Å². The van der Waals surface area contributed by atoms with Gasteiger partial charge in [0.2, 0.25) is 5.41 Å². The minimum absolute atomic E-state index is 0.0214. The quantitative estimate of drug-likeness (QED) is 0.717. The summed E-state index contributed by atoms with van der Waals surface area (Å²) in [6.07, 6.45) is 0.542. The summed E-state index contributed by atoms with van der Waals surface area (Å²) in [6, 6.07) is 0. The molecule has 0 radical (unpaired) electrons. The average molecular weight is 246 g/mol. The second-order valence-corrected chi connectivity index (χ2v) is 4.59. The first-order chi connectivity index (χ1) is 7.81. The van der Waals surface area contributed by atoms with Crippen molar-refractivity contribution in [2.45, 2.75) is 33.0 Å². The van der Waals surface area contributed by atoms with Crippen molar-refractivity contribution in [2.24, 2.45) is 11.3 Å². The van der Waals surface area contributed by atoms with Gasteiger partial charge in [0.25, 0.3) is 0 Å². The summed E-state index contributed by atoms with van der Waals surface area (Å²) in [7, 11) is 0. The second kappa shape index (κ2) is 4.62. The van der Waals surface area contributed by atoms with Gasteiger partial charge in [-0.05, 0) is 6.42 Å². The molecule has 2 N–H and O–H groups in total.